The minimum atomic E-state index is -1.59. The van der Waals surface area contributed by atoms with Gasteiger partial charge in [-0.3, -0.25) is 10.2 Å². The number of nitrogens with two attached hydrogens (primary N) is 1. The van der Waals surface area contributed by atoms with Crippen molar-refractivity contribution in [2.75, 3.05) is 26.8 Å². The second-order valence-corrected chi connectivity index (χ2v) is 5.01. The molecule has 1 rings (SSSR count). The summed E-state index contributed by atoms with van der Waals surface area (Å²) in [4.78, 5) is 14.3. The van der Waals surface area contributed by atoms with E-state index in [1.165, 1.54) is 7.05 Å². The monoisotopic (exact) mass is 386 g/mol. The third-order valence-corrected chi connectivity index (χ3v) is 3.65. The summed E-state index contributed by atoms with van der Waals surface area (Å²) in [6.45, 7) is -1.65. The van der Waals surface area contributed by atoms with E-state index in [1.54, 1.807) is 0 Å². The Kier molecular flexibility index (Phi) is 8.22. The van der Waals surface area contributed by atoms with E-state index in [1.807, 2.05) is 0 Å². The molecule has 0 saturated carbocycles. The number of piperidine rings is 1. The molecule has 1 aliphatic rings. The Bertz CT molecular complexity index is 383. The molecule has 1 aliphatic heterocycles. The minimum Gasteiger partial charge on any atom is -0.394 e. The average Bonchev–Trinajstić information content (AvgIpc) is 2.44. The smallest absolute Gasteiger partial charge is 0.243 e. The van der Waals surface area contributed by atoms with Crippen LogP contribution in [0.25, 0.3) is 0 Å². The minimum absolute atomic E-state index is 0. The Hall–Kier alpha value is -0.980. The molecule has 130 valence electrons. The SMILES string of the molecule is Br.CN(CC(=O)N1[C@H](CO)[C@@H](O)C(O)[C@H](O)[C@H]1CO)C(=N)N. The first-order chi connectivity index (χ1) is 9.76. The van der Waals surface area contributed by atoms with Gasteiger partial charge >= 0.3 is 0 Å². The second kappa shape index (κ2) is 8.60. The zero-order valence-corrected chi connectivity index (χ0v) is 13.7. The Labute approximate surface area is 138 Å². The number of aliphatic hydroxyl groups excluding tert-OH is 5. The molecule has 10 nitrogen and oxygen atoms in total. The topological polar surface area (TPSA) is 175 Å². The summed E-state index contributed by atoms with van der Waals surface area (Å²) >= 11 is 0. The molecule has 0 radical (unpaired) electrons. The Balaban J connectivity index is 0.00000441. The number of hydrogen-bond donors (Lipinski definition) is 7. The third kappa shape index (κ3) is 4.06. The van der Waals surface area contributed by atoms with E-state index < -0.39 is 49.5 Å². The maximum absolute atomic E-state index is 12.3. The van der Waals surface area contributed by atoms with Crippen LogP contribution in [0.15, 0.2) is 0 Å². The lowest BCUT2D eigenvalue weighted by molar-refractivity contribution is -0.187. The van der Waals surface area contributed by atoms with Gasteiger partial charge in [0.05, 0.1) is 31.8 Å². The van der Waals surface area contributed by atoms with Crippen LogP contribution in [0.2, 0.25) is 0 Å². The number of likely N-dealkylation sites (tertiary alicyclic amines) is 1. The second-order valence-electron chi connectivity index (χ2n) is 5.01. The average molecular weight is 387 g/mol. The number of likely N-dealkylation sites (N-methyl/N-ethyl adjacent to an activating group) is 1. The molecule has 0 aliphatic carbocycles. The van der Waals surface area contributed by atoms with Gasteiger partial charge in [-0.15, -0.1) is 17.0 Å². The molecule has 1 fully saturated rings. The number of rotatable bonds is 4. The quantitative estimate of drug-likeness (QED) is 0.189. The molecule has 0 aromatic heterocycles. The molecule has 1 saturated heterocycles. The standard InChI is InChI=1S/C11H22N4O6.BrH/c1-14(11(12)13)2-7(18)15-5(3-16)8(19)10(21)9(20)6(15)4-17;/h5-6,8-10,16-17,19-21H,2-4H2,1H3,(H3,12,13);1H/t5-,6-,8-,9-;/m1./s1. The number of guanidine groups is 1. The molecule has 0 aromatic carbocycles. The Morgan fingerprint density at radius 3 is 1.86 bits per heavy atom. The van der Waals surface area contributed by atoms with Crippen molar-refractivity contribution in [1.82, 2.24) is 9.80 Å². The summed E-state index contributed by atoms with van der Waals surface area (Å²) in [7, 11) is 1.40. The molecule has 0 spiro atoms. The molecule has 22 heavy (non-hydrogen) atoms. The van der Waals surface area contributed by atoms with Gasteiger partial charge < -0.3 is 41.1 Å². The molecule has 4 atom stereocenters. The van der Waals surface area contributed by atoms with Gasteiger partial charge in [0, 0.05) is 7.05 Å². The van der Waals surface area contributed by atoms with Crippen molar-refractivity contribution < 1.29 is 30.3 Å². The summed E-state index contributed by atoms with van der Waals surface area (Å²) in [5.41, 5.74) is 5.23. The van der Waals surface area contributed by atoms with Crippen LogP contribution in [0.1, 0.15) is 0 Å². The molecule has 1 amide bonds. The third-order valence-electron chi connectivity index (χ3n) is 3.65. The van der Waals surface area contributed by atoms with Gasteiger partial charge in [0.1, 0.15) is 18.3 Å². The molecule has 8 N–H and O–H groups in total. The maximum Gasteiger partial charge on any atom is 0.243 e. The van der Waals surface area contributed by atoms with Gasteiger partial charge in [-0.2, -0.15) is 0 Å². The highest BCUT2D eigenvalue weighted by Gasteiger charge is 2.49. The van der Waals surface area contributed by atoms with Gasteiger partial charge in [0.2, 0.25) is 5.91 Å². The van der Waals surface area contributed by atoms with Crippen LogP contribution in [0.5, 0.6) is 0 Å². The fourth-order valence-electron chi connectivity index (χ4n) is 2.36. The number of hydrogen-bond acceptors (Lipinski definition) is 7. The Morgan fingerprint density at radius 2 is 1.55 bits per heavy atom. The fourth-order valence-corrected chi connectivity index (χ4v) is 2.36. The largest absolute Gasteiger partial charge is 0.394 e. The molecular formula is C11H23BrN4O6. The van der Waals surface area contributed by atoms with Crippen LogP contribution < -0.4 is 5.73 Å². The zero-order valence-electron chi connectivity index (χ0n) is 12.0. The van der Waals surface area contributed by atoms with Crippen LogP contribution in [0.3, 0.4) is 0 Å². The highest BCUT2D eigenvalue weighted by Crippen LogP contribution is 2.24. The van der Waals surface area contributed by atoms with Crippen LogP contribution in [0, 0.1) is 5.41 Å². The van der Waals surface area contributed by atoms with Crippen molar-refractivity contribution in [3.8, 4) is 0 Å². The normalized spacial score (nSPS) is 31.4. The van der Waals surface area contributed by atoms with Crippen molar-refractivity contribution in [2.45, 2.75) is 30.4 Å². The van der Waals surface area contributed by atoms with Crippen LogP contribution in [-0.4, -0.2) is 104 Å². The maximum atomic E-state index is 12.3. The molecule has 0 aromatic rings. The number of nitrogens with one attached hydrogen (secondary N) is 1. The lowest BCUT2D eigenvalue weighted by atomic mass is 9.88. The number of halogens is 1. The van der Waals surface area contributed by atoms with Gasteiger partial charge in [0.25, 0.3) is 0 Å². The first-order valence-electron chi connectivity index (χ1n) is 6.38. The molecule has 0 unspecified atom stereocenters. The van der Waals surface area contributed by atoms with E-state index in [4.69, 9.17) is 11.1 Å². The number of carbonyl (C=O) groups is 1. The first kappa shape index (κ1) is 21.0. The van der Waals surface area contributed by atoms with Crippen molar-refractivity contribution in [1.29, 1.82) is 5.41 Å². The molecule has 1 heterocycles. The van der Waals surface area contributed by atoms with E-state index in [-0.39, 0.29) is 29.5 Å². The van der Waals surface area contributed by atoms with E-state index in [0.29, 0.717) is 0 Å². The van der Waals surface area contributed by atoms with Crippen molar-refractivity contribution in [3.05, 3.63) is 0 Å². The lowest BCUT2D eigenvalue weighted by Crippen LogP contribution is -2.70. The predicted octanol–water partition coefficient (Wildman–Crippen LogP) is -3.96. The highest BCUT2D eigenvalue weighted by atomic mass is 79.9. The van der Waals surface area contributed by atoms with Crippen molar-refractivity contribution in [3.63, 3.8) is 0 Å². The number of amides is 1. The van der Waals surface area contributed by atoms with Gasteiger partial charge in [-0.25, -0.2) is 0 Å². The number of aliphatic hydroxyl groups is 5. The van der Waals surface area contributed by atoms with Gasteiger partial charge in [-0.05, 0) is 0 Å². The predicted molar refractivity (Wildman–Crippen MR) is 81.5 cm³/mol. The molecular weight excluding hydrogens is 364 g/mol. The number of carbonyl (C=O) groups excluding carboxylic acids is 1. The fraction of sp³-hybridized carbons (Fsp3) is 0.818. The van der Waals surface area contributed by atoms with Crippen molar-refractivity contribution >= 4 is 28.8 Å². The van der Waals surface area contributed by atoms with Crippen LogP contribution in [-0.2, 0) is 4.79 Å². The summed E-state index contributed by atoms with van der Waals surface area (Å²) in [6.07, 6.45) is -4.70. The summed E-state index contributed by atoms with van der Waals surface area (Å²) in [5, 5.41) is 55.3. The highest BCUT2D eigenvalue weighted by molar-refractivity contribution is 8.93. The molecule has 0 bridgehead atoms. The molecule has 11 heteroatoms. The van der Waals surface area contributed by atoms with Gasteiger partial charge in [-0.1, -0.05) is 0 Å². The van der Waals surface area contributed by atoms with E-state index in [0.717, 1.165) is 9.80 Å². The lowest BCUT2D eigenvalue weighted by Gasteiger charge is -2.48. The Morgan fingerprint density at radius 1 is 1.14 bits per heavy atom. The zero-order chi connectivity index (χ0) is 16.3. The number of nitrogens with zero attached hydrogens (tertiary/aromatic N) is 2. The van der Waals surface area contributed by atoms with E-state index in [9.17, 15) is 30.3 Å². The van der Waals surface area contributed by atoms with Crippen LogP contribution in [0.4, 0.5) is 0 Å². The summed E-state index contributed by atoms with van der Waals surface area (Å²) in [5.74, 6) is -1.02. The van der Waals surface area contributed by atoms with Crippen LogP contribution >= 0.6 is 17.0 Å². The van der Waals surface area contributed by atoms with E-state index in [2.05, 4.69) is 0 Å². The van der Waals surface area contributed by atoms with Gasteiger partial charge in [0.15, 0.2) is 5.96 Å². The van der Waals surface area contributed by atoms with E-state index >= 15 is 0 Å². The summed E-state index contributed by atoms with van der Waals surface area (Å²) in [6, 6.07) is -2.35. The summed E-state index contributed by atoms with van der Waals surface area (Å²) < 4.78 is 0. The van der Waals surface area contributed by atoms with Crippen molar-refractivity contribution in [2.24, 2.45) is 5.73 Å². The first-order valence-corrected chi connectivity index (χ1v) is 6.38.